The van der Waals surface area contributed by atoms with Gasteiger partial charge in [0, 0.05) is 24.5 Å². The Kier molecular flexibility index (Phi) is 7.52. The minimum atomic E-state index is -3.87. The first-order chi connectivity index (χ1) is 15.9. The molecule has 0 aliphatic rings. The molecule has 3 rings (SSSR count). The highest BCUT2D eigenvalue weighted by molar-refractivity contribution is 7.92. The maximum absolute atomic E-state index is 12.8. The van der Waals surface area contributed by atoms with Gasteiger partial charge in [-0.05, 0) is 48.5 Å². The van der Waals surface area contributed by atoms with Crippen LogP contribution >= 0.6 is 0 Å². The number of aromatic nitrogens is 1. The molecule has 2 N–H and O–H groups in total. The molecule has 0 saturated carbocycles. The summed E-state index contributed by atoms with van der Waals surface area (Å²) in [5.41, 5.74) is 0.583. The van der Waals surface area contributed by atoms with Crippen LogP contribution in [0.2, 0.25) is 0 Å². The predicted molar refractivity (Wildman–Crippen MR) is 124 cm³/mol. The van der Waals surface area contributed by atoms with Gasteiger partial charge in [-0.2, -0.15) is 0 Å². The SMILES string of the molecule is C=CCNC(=O)c1cccnc1Oc1ccc(NS(=O)(=O)c2ccc(OC)c(OC)c2)cc1. The summed E-state index contributed by atoms with van der Waals surface area (Å²) in [7, 11) is -0.974. The zero-order valence-corrected chi connectivity index (χ0v) is 18.9. The predicted octanol–water partition coefficient (Wildman–Crippen LogP) is 3.61. The molecule has 1 aromatic heterocycles. The monoisotopic (exact) mass is 469 g/mol. The van der Waals surface area contributed by atoms with Crippen molar-refractivity contribution in [1.29, 1.82) is 0 Å². The number of carbonyl (C=O) groups excluding carboxylic acids is 1. The number of rotatable bonds is 10. The van der Waals surface area contributed by atoms with Crippen molar-refractivity contribution < 1.29 is 27.4 Å². The molecule has 10 heteroatoms. The summed E-state index contributed by atoms with van der Waals surface area (Å²) in [5, 5.41) is 2.67. The van der Waals surface area contributed by atoms with Gasteiger partial charge in [0.15, 0.2) is 11.5 Å². The molecule has 0 radical (unpaired) electrons. The lowest BCUT2D eigenvalue weighted by molar-refractivity contribution is 0.0955. The van der Waals surface area contributed by atoms with Gasteiger partial charge in [-0.15, -0.1) is 6.58 Å². The molecule has 0 aliphatic carbocycles. The average Bonchev–Trinajstić information content (AvgIpc) is 2.83. The summed E-state index contributed by atoms with van der Waals surface area (Å²) in [6, 6.07) is 13.7. The first-order valence-electron chi connectivity index (χ1n) is 9.75. The highest BCUT2D eigenvalue weighted by Gasteiger charge is 2.18. The molecular formula is C23H23N3O6S. The number of sulfonamides is 1. The fourth-order valence-corrected chi connectivity index (χ4v) is 3.88. The van der Waals surface area contributed by atoms with Crippen LogP contribution in [0.1, 0.15) is 10.4 Å². The fraction of sp³-hybridized carbons (Fsp3) is 0.130. The van der Waals surface area contributed by atoms with E-state index in [1.54, 1.807) is 30.3 Å². The van der Waals surface area contributed by atoms with Crippen molar-refractivity contribution in [3.05, 3.63) is 79.0 Å². The molecule has 0 aliphatic heterocycles. The van der Waals surface area contributed by atoms with Crippen molar-refractivity contribution in [3.63, 3.8) is 0 Å². The van der Waals surface area contributed by atoms with E-state index in [9.17, 15) is 13.2 Å². The van der Waals surface area contributed by atoms with Crippen molar-refractivity contribution in [2.24, 2.45) is 0 Å². The largest absolute Gasteiger partial charge is 0.493 e. The molecule has 0 unspecified atom stereocenters. The Labute approximate surface area is 192 Å². The number of nitrogens with one attached hydrogen (secondary N) is 2. The molecule has 0 saturated heterocycles. The Balaban J connectivity index is 1.75. The highest BCUT2D eigenvalue weighted by Crippen LogP contribution is 2.30. The molecule has 2 aromatic carbocycles. The van der Waals surface area contributed by atoms with Crippen LogP contribution in [-0.4, -0.2) is 40.1 Å². The molecular weight excluding hydrogens is 446 g/mol. The number of hydrogen-bond acceptors (Lipinski definition) is 7. The van der Waals surface area contributed by atoms with Crippen LogP contribution in [0.4, 0.5) is 5.69 Å². The van der Waals surface area contributed by atoms with Gasteiger partial charge in [0.2, 0.25) is 5.88 Å². The number of pyridine rings is 1. The molecule has 33 heavy (non-hydrogen) atoms. The zero-order valence-electron chi connectivity index (χ0n) is 18.1. The molecule has 0 bridgehead atoms. The minimum absolute atomic E-state index is 0.0177. The van der Waals surface area contributed by atoms with Crippen molar-refractivity contribution in [1.82, 2.24) is 10.3 Å². The van der Waals surface area contributed by atoms with Gasteiger partial charge in [-0.25, -0.2) is 13.4 Å². The van der Waals surface area contributed by atoms with Crippen LogP contribution in [-0.2, 0) is 10.0 Å². The van der Waals surface area contributed by atoms with Crippen LogP contribution in [0.15, 0.2) is 78.3 Å². The van der Waals surface area contributed by atoms with Crippen LogP contribution in [0.5, 0.6) is 23.1 Å². The van der Waals surface area contributed by atoms with Crippen LogP contribution in [0.3, 0.4) is 0 Å². The summed E-state index contributed by atoms with van der Waals surface area (Å²) in [5.74, 6) is 0.869. The Hall–Kier alpha value is -4.05. The summed E-state index contributed by atoms with van der Waals surface area (Å²) >= 11 is 0. The summed E-state index contributed by atoms with van der Waals surface area (Å²) in [4.78, 5) is 16.4. The van der Waals surface area contributed by atoms with Gasteiger partial charge in [-0.3, -0.25) is 9.52 Å². The normalized spacial score (nSPS) is 10.7. The van der Waals surface area contributed by atoms with E-state index in [2.05, 4.69) is 21.6 Å². The zero-order chi connectivity index (χ0) is 23.8. The molecule has 9 nitrogen and oxygen atoms in total. The summed E-state index contributed by atoms with van der Waals surface area (Å²) in [6.07, 6.45) is 3.07. The Morgan fingerprint density at radius 1 is 1.06 bits per heavy atom. The number of hydrogen-bond donors (Lipinski definition) is 2. The van der Waals surface area contributed by atoms with Crippen LogP contribution in [0, 0.1) is 0 Å². The van der Waals surface area contributed by atoms with Gasteiger partial charge >= 0.3 is 0 Å². The molecule has 0 atom stereocenters. The smallest absolute Gasteiger partial charge is 0.262 e. The van der Waals surface area contributed by atoms with Gasteiger partial charge < -0.3 is 19.5 Å². The lowest BCUT2D eigenvalue weighted by Crippen LogP contribution is -2.23. The molecule has 172 valence electrons. The lowest BCUT2D eigenvalue weighted by atomic mass is 10.2. The van der Waals surface area contributed by atoms with E-state index in [1.165, 1.54) is 50.7 Å². The van der Waals surface area contributed by atoms with Crippen LogP contribution < -0.4 is 24.2 Å². The van der Waals surface area contributed by atoms with E-state index < -0.39 is 10.0 Å². The number of ether oxygens (including phenoxy) is 3. The molecule has 1 amide bonds. The van der Waals surface area contributed by atoms with Crippen LogP contribution in [0.25, 0.3) is 0 Å². The number of methoxy groups -OCH3 is 2. The maximum Gasteiger partial charge on any atom is 0.262 e. The van der Waals surface area contributed by atoms with E-state index in [0.717, 1.165) is 0 Å². The number of amides is 1. The number of carbonyl (C=O) groups is 1. The number of nitrogens with zero attached hydrogens (tertiary/aromatic N) is 1. The first kappa shape index (κ1) is 23.6. The lowest BCUT2D eigenvalue weighted by Gasteiger charge is -2.12. The van der Waals surface area contributed by atoms with Gasteiger partial charge in [-0.1, -0.05) is 6.08 Å². The average molecular weight is 470 g/mol. The minimum Gasteiger partial charge on any atom is -0.493 e. The van der Waals surface area contributed by atoms with Crippen molar-refractivity contribution >= 4 is 21.6 Å². The number of anilines is 1. The third-order valence-corrected chi connectivity index (χ3v) is 5.79. The van der Waals surface area contributed by atoms with Gasteiger partial charge in [0.25, 0.3) is 15.9 Å². The quantitative estimate of drug-likeness (QED) is 0.436. The second kappa shape index (κ2) is 10.5. The molecule has 1 heterocycles. The topological polar surface area (TPSA) is 116 Å². The molecule has 0 spiro atoms. The standard InChI is InChI=1S/C23H23N3O6S/c1-4-13-24-22(27)19-6-5-14-25-23(19)32-17-9-7-16(8-10-17)26-33(28,29)18-11-12-20(30-2)21(15-18)31-3/h4-12,14-15,26H,1,13H2,2-3H3,(H,24,27). The highest BCUT2D eigenvalue weighted by atomic mass is 32.2. The van der Waals surface area contributed by atoms with Crippen molar-refractivity contribution in [3.8, 4) is 23.1 Å². The third-order valence-electron chi connectivity index (χ3n) is 4.41. The van der Waals surface area contributed by atoms with E-state index >= 15 is 0 Å². The third kappa shape index (κ3) is 5.80. The molecule has 3 aromatic rings. The van der Waals surface area contributed by atoms with Gasteiger partial charge in [0.1, 0.15) is 11.3 Å². The summed E-state index contributed by atoms with van der Waals surface area (Å²) in [6.45, 7) is 3.87. The van der Waals surface area contributed by atoms with E-state index in [4.69, 9.17) is 14.2 Å². The fourth-order valence-electron chi connectivity index (χ4n) is 2.81. The van der Waals surface area contributed by atoms with Crippen molar-refractivity contribution in [2.45, 2.75) is 4.90 Å². The van der Waals surface area contributed by atoms with Gasteiger partial charge in [0.05, 0.1) is 19.1 Å². The Morgan fingerprint density at radius 2 is 1.79 bits per heavy atom. The number of benzene rings is 2. The van der Waals surface area contributed by atoms with Crippen molar-refractivity contribution in [2.75, 3.05) is 25.5 Å². The maximum atomic E-state index is 12.8. The second-order valence-corrected chi connectivity index (χ2v) is 8.29. The van der Waals surface area contributed by atoms with E-state index in [0.29, 0.717) is 29.5 Å². The Morgan fingerprint density at radius 3 is 2.45 bits per heavy atom. The first-order valence-corrected chi connectivity index (χ1v) is 11.2. The Bertz CT molecular complexity index is 1240. The van der Waals surface area contributed by atoms with E-state index in [-0.39, 0.29) is 22.2 Å². The second-order valence-electron chi connectivity index (χ2n) is 6.60. The molecule has 0 fully saturated rings. The summed E-state index contributed by atoms with van der Waals surface area (Å²) < 4.78 is 44.0. The van der Waals surface area contributed by atoms with E-state index in [1.807, 2.05) is 0 Å².